The maximum absolute atomic E-state index is 13.6. The summed E-state index contributed by atoms with van der Waals surface area (Å²) < 4.78 is 3.11. The predicted octanol–water partition coefficient (Wildman–Crippen LogP) is 6.16. The van der Waals surface area contributed by atoms with Crippen molar-refractivity contribution >= 4 is 28.7 Å². The van der Waals surface area contributed by atoms with E-state index in [4.69, 9.17) is 21.7 Å². The van der Waals surface area contributed by atoms with Crippen LogP contribution in [-0.4, -0.2) is 30.6 Å². The van der Waals surface area contributed by atoms with Crippen LogP contribution in [0.4, 0.5) is 0 Å². The minimum Gasteiger partial charge on any atom is -0.267 e. The molecular formula is C30H21ClN6O. The fourth-order valence-corrected chi connectivity index (χ4v) is 4.40. The molecule has 0 radical (unpaired) electrons. The summed E-state index contributed by atoms with van der Waals surface area (Å²) in [5, 5.41) is 10.5. The summed E-state index contributed by atoms with van der Waals surface area (Å²) in [7, 11) is 0. The summed E-state index contributed by atoms with van der Waals surface area (Å²) in [6.07, 6.45) is 6.97. The Kier molecular flexibility index (Phi) is 6.11. The van der Waals surface area contributed by atoms with Crippen LogP contribution in [0.2, 0.25) is 5.02 Å². The minimum atomic E-state index is -0.279. The molecule has 6 rings (SSSR count). The number of benzene rings is 3. The third-order valence-electron chi connectivity index (χ3n) is 6.14. The molecule has 0 saturated carbocycles. The lowest BCUT2D eigenvalue weighted by Crippen LogP contribution is -2.20. The number of rotatable bonds is 5. The molecule has 3 heterocycles. The second-order valence-electron chi connectivity index (χ2n) is 8.77. The van der Waals surface area contributed by atoms with E-state index in [2.05, 4.69) is 10.1 Å². The molecule has 38 heavy (non-hydrogen) atoms. The van der Waals surface area contributed by atoms with Crippen molar-refractivity contribution in [2.75, 3.05) is 0 Å². The van der Waals surface area contributed by atoms with E-state index >= 15 is 0 Å². The molecule has 0 aliphatic rings. The highest BCUT2D eigenvalue weighted by Gasteiger charge is 2.15. The molecule has 0 aliphatic carbocycles. The Hall–Kier alpha value is -4.88. The van der Waals surface area contributed by atoms with Gasteiger partial charge in [0.25, 0.3) is 5.56 Å². The quantitative estimate of drug-likeness (QED) is 0.257. The maximum Gasteiger partial charge on any atom is 0.282 e. The summed E-state index contributed by atoms with van der Waals surface area (Å²) in [4.78, 5) is 22.5. The molecule has 0 saturated heterocycles. The van der Waals surface area contributed by atoms with Crippen molar-refractivity contribution in [3.05, 3.63) is 130 Å². The molecule has 3 aromatic carbocycles. The first-order chi connectivity index (χ1) is 18.6. The summed E-state index contributed by atoms with van der Waals surface area (Å²) in [5.74, 6) is 0.392. The van der Waals surface area contributed by atoms with Crippen molar-refractivity contribution in [2.45, 2.75) is 6.92 Å². The molecule has 0 amide bonds. The van der Waals surface area contributed by atoms with Crippen LogP contribution in [0, 0.1) is 6.92 Å². The number of fused-ring (bicyclic) bond motifs is 1. The first kappa shape index (κ1) is 23.5. The van der Waals surface area contributed by atoms with Gasteiger partial charge in [-0.2, -0.15) is 14.9 Å². The fraction of sp³-hybridized carbons (Fsp3) is 0.0333. The molecule has 0 spiro atoms. The van der Waals surface area contributed by atoms with Crippen LogP contribution in [-0.2, 0) is 0 Å². The third-order valence-corrected chi connectivity index (χ3v) is 6.38. The molecular weight excluding hydrogens is 496 g/mol. The van der Waals surface area contributed by atoms with Crippen LogP contribution >= 0.6 is 11.6 Å². The lowest BCUT2D eigenvalue weighted by molar-refractivity contribution is 0.829. The number of halogens is 1. The van der Waals surface area contributed by atoms with Gasteiger partial charge in [0.1, 0.15) is 5.69 Å². The van der Waals surface area contributed by atoms with E-state index < -0.39 is 0 Å². The Morgan fingerprint density at radius 3 is 2.47 bits per heavy atom. The van der Waals surface area contributed by atoms with E-state index in [0.29, 0.717) is 33.0 Å². The Morgan fingerprint density at radius 2 is 1.68 bits per heavy atom. The fourth-order valence-electron chi connectivity index (χ4n) is 4.21. The number of nitrogens with zero attached hydrogens (tertiary/aromatic N) is 6. The first-order valence-electron chi connectivity index (χ1n) is 12.0. The predicted molar refractivity (Wildman–Crippen MR) is 151 cm³/mol. The second kappa shape index (κ2) is 9.88. The lowest BCUT2D eigenvalue weighted by atomic mass is 10.1. The average Bonchev–Trinajstić information content (AvgIpc) is 3.37. The molecule has 6 aromatic rings. The van der Waals surface area contributed by atoms with Crippen molar-refractivity contribution < 1.29 is 0 Å². The van der Waals surface area contributed by atoms with E-state index in [1.54, 1.807) is 41.5 Å². The van der Waals surface area contributed by atoms with Gasteiger partial charge in [-0.25, -0.2) is 9.67 Å². The summed E-state index contributed by atoms with van der Waals surface area (Å²) in [6, 6.07) is 26.3. The maximum atomic E-state index is 13.6. The highest BCUT2D eigenvalue weighted by Crippen LogP contribution is 2.24. The standard InChI is InChI=1S/C30H21ClN6O/c1-20-9-11-25(12-10-20)36-19-23(28(35-36)21-13-15-32-16-14-21)18-33-37-29(22-5-4-6-24(31)17-22)34-27-8-3-2-7-26(27)30(37)38/h2-19H,1H3/b33-18+. The topological polar surface area (TPSA) is 78.0 Å². The smallest absolute Gasteiger partial charge is 0.267 e. The van der Waals surface area contributed by atoms with Crippen LogP contribution < -0.4 is 5.56 Å². The van der Waals surface area contributed by atoms with E-state index in [9.17, 15) is 4.79 Å². The Bertz CT molecular complexity index is 1860. The highest BCUT2D eigenvalue weighted by atomic mass is 35.5. The third kappa shape index (κ3) is 4.51. The van der Waals surface area contributed by atoms with Gasteiger partial charge in [0.2, 0.25) is 0 Å². The Labute approximate surface area is 223 Å². The number of para-hydroxylation sites is 1. The molecule has 0 atom stereocenters. The van der Waals surface area contributed by atoms with E-state index in [-0.39, 0.29) is 5.56 Å². The van der Waals surface area contributed by atoms with Crippen LogP contribution in [0.25, 0.3) is 39.2 Å². The zero-order valence-electron chi connectivity index (χ0n) is 20.4. The summed E-state index contributed by atoms with van der Waals surface area (Å²) in [5.41, 5.74) is 5.38. The van der Waals surface area contributed by atoms with Crippen molar-refractivity contribution in [2.24, 2.45) is 5.10 Å². The summed E-state index contributed by atoms with van der Waals surface area (Å²) in [6.45, 7) is 2.04. The van der Waals surface area contributed by atoms with E-state index in [1.807, 2.05) is 79.9 Å². The average molecular weight is 517 g/mol. The van der Waals surface area contributed by atoms with Gasteiger partial charge in [-0.1, -0.05) is 53.6 Å². The second-order valence-corrected chi connectivity index (χ2v) is 9.21. The molecule has 184 valence electrons. The van der Waals surface area contributed by atoms with Crippen LogP contribution in [0.5, 0.6) is 0 Å². The molecule has 0 unspecified atom stereocenters. The lowest BCUT2D eigenvalue weighted by Gasteiger charge is -2.09. The Morgan fingerprint density at radius 1 is 0.895 bits per heavy atom. The SMILES string of the molecule is Cc1ccc(-n2cc(/C=N/n3c(-c4cccc(Cl)c4)nc4ccccc4c3=O)c(-c3ccncc3)n2)cc1. The van der Waals surface area contributed by atoms with Crippen LogP contribution in [0.15, 0.2) is 113 Å². The van der Waals surface area contributed by atoms with Gasteiger partial charge in [-0.05, 0) is 55.5 Å². The molecule has 7 nitrogen and oxygen atoms in total. The number of aromatic nitrogens is 5. The number of pyridine rings is 1. The molecule has 8 heteroatoms. The minimum absolute atomic E-state index is 0.279. The van der Waals surface area contributed by atoms with Crippen molar-refractivity contribution in [1.29, 1.82) is 0 Å². The first-order valence-corrected chi connectivity index (χ1v) is 12.3. The van der Waals surface area contributed by atoms with E-state index in [0.717, 1.165) is 22.4 Å². The van der Waals surface area contributed by atoms with Crippen molar-refractivity contribution in [3.8, 4) is 28.3 Å². The van der Waals surface area contributed by atoms with Gasteiger partial charge in [0.05, 0.1) is 22.8 Å². The van der Waals surface area contributed by atoms with Gasteiger partial charge in [-0.3, -0.25) is 9.78 Å². The Balaban J connectivity index is 1.53. The summed E-state index contributed by atoms with van der Waals surface area (Å²) >= 11 is 6.27. The monoisotopic (exact) mass is 516 g/mol. The van der Waals surface area contributed by atoms with Gasteiger partial charge in [0.15, 0.2) is 5.82 Å². The number of hydrogen-bond donors (Lipinski definition) is 0. The van der Waals surface area contributed by atoms with Gasteiger partial charge in [0, 0.05) is 40.3 Å². The van der Waals surface area contributed by atoms with Gasteiger partial charge in [-0.15, -0.1) is 0 Å². The highest BCUT2D eigenvalue weighted by molar-refractivity contribution is 6.30. The van der Waals surface area contributed by atoms with E-state index in [1.165, 1.54) is 4.68 Å². The van der Waals surface area contributed by atoms with Crippen molar-refractivity contribution in [3.63, 3.8) is 0 Å². The molecule has 0 bridgehead atoms. The molecule has 0 N–H and O–H groups in total. The normalized spacial score (nSPS) is 11.4. The van der Waals surface area contributed by atoms with Gasteiger partial charge >= 0.3 is 0 Å². The van der Waals surface area contributed by atoms with Gasteiger partial charge < -0.3 is 0 Å². The molecule has 0 fully saturated rings. The largest absolute Gasteiger partial charge is 0.282 e. The zero-order valence-corrected chi connectivity index (χ0v) is 21.1. The number of aryl methyl sites for hydroxylation is 1. The zero-order chi connectivity index (χ0) is 26.1. The van der Waals surface area contributed by atoms with Crippen LogP contribution in [0.1, 0.15) is 11.1 Å². The van der Waals surface area contributed by atoms with Crippen molar-refractivity contribution in [1.82, 2.24) is 24.4 Å². The van der Waals surface area contributed by atoms with Crippen LogP contribution in [0.3, 0.4) is 0 Å². The molecule has 3 aromatic heterocycles. The molecule has 0 aliphatic heterocycles. The number of hydrogen-bond acceptors (Lipinski definition) is 5.